The molecule has 0 heterocycles. The molecule has 0 radical (unpaired) electrons. The molecule has 0 saturated carbocycles. The van der Waals surface area contributed by atoms with E-state index >= 15 is 0 Å². The molecule has 1 unspecified atom stereocenters. The van der Waals surface area contributed by atoms with Crippen molar-refractivity contribution in [3.8, 4) is 0 Å². The van der Waals surface area contributed by atoms with Gasteiger partial charge in [-0.3, -0.25) is 14.4 Å². The van der Waals surface area contributed by atoms with Gasteiger partial charge in [0.05, 0.1) is 0 Å². The number of allylic oxidation sites excluding steroid dienone is 14. The minimum atomic E-state index is -0.792. The third kappa shape index (κ3) is 65.3. The zero-order chi connectivity index (χ0) is 57.1. The van der Waals surface area contributed by atoms with Crippen LogP contribution in [0.1, 0.15) is 342 Å². The maximum atomic E-state index is 12.9. The van der Waals surface area contributed by atoms with Gasteiger partial charge in [0, 0.05) is 19.3 Å². The van der Waals surface area contributed by atoms with Gasteiger partial charge in [-0.05, 0) is 116 Å². The van der Waals surface area contributed by atoms with Gasteiger partial charge in [-0.1, -0.05) is 292 Å². The van der Waals surface area contributed by atoms with Crippen LogP contribution in [0.25, 0.3) is 0 Å². The van der Waals surface area contributed by atoms with E-state index < -0.39 is 6.10 Å². The maximum Gasteiger partial charge on any atom is 0.306 e. The number of rotatable bonds is 62. The van der Waals surface area contributed by atoms with Crippen molar-refractivity contribution >= 4 is 17.9 Å². The number of esters is 3. The Morgan fingerprint density at radius 3 is 0.785 bits per heavy atom. The van der Waals surface area contributed by atoms with E-state index in [0.717, 1.165) is 116 Å². The van der Waals surface area contributed by atoms with Crippen LogP contribution in [-0.2, 0) is 28.6 Å². The second kappa shape index (κ2) is 67.1. The fourth-order valence-corrected chi connectivity index (χ4v) is 9.76. The first-order chi connectivity index (χ1) is 39.0. The van der Waals surface area contributed by atoms with Crippen molar-refractivity contribution in [1.29, 1.82) is 0 Å². The minimum absolute atomic E-state index is 0.0855. The van der Waals surface area contributed by atoms with Gasteiger partial charge in [-0.15, -0.1) is 0 Å². The highest BCUT2D eigenvalue weighted by Crippen LogP contribution is 2.17. The average molecular weight is 1100 g/mol. The summed E-state index contributed by atoms with van der Waals surface area (Å²) in [6.45, 7) is 6.54. The average Bonchev–Trinajstić information content (AvgIpc) is 3.45. The van der Waals surface area contributed by atoms with Gasteiger partial charge in [0.2, 0.25) is 0 Å². The summed E-state index contributed by atoms with van der Waals surface area (Å²) in [6.07, 6.45) is 88.8. The number of hydrogen-bond acceptors (Lipinski definition) is 6. The lowest BCUT2D eigenvalue weighted by Gasteiger charge is -2.18. The molecule has 0 saturated heterocycles. The van der Waals surface area contributed by atoms with Crippen LogP contribution in [0, 0.1) is 0 Å². The van der Waals surface area contributed by atoms with Crippen LogP contribution in [0.4, 0.5) is 0 Å². The first-order valence-electron chi connectivity index (χ1n) is 34.1. The predicted octanol–water partition coefficient (Wildman–Crippen LogP) is 23.4. The third-order valence-electron chi connectivity index (χ3n) is 14.9. The summed E-state index contributed by atoms with van der Waals surface area (Å²) >= 11 is 0. The topological polar surface area (TPSA) is 78.9 Å². The maximum absolute atomic E-state index is 12.9. The molecule has 0 fully saturated rings. The lowest BCUT2D eigenvalue weighted by Crippen LogP contribution is -2.30. The molecule has 0 aliphatic rings. The molecule has 0 rings (SSSR count). The van der Waals surface area contributed by atoms with E-state index in [0.29, 0.717) is 19.3 Å². The normalized spacial score (nSPS) is 12.6. The highest BCUT2D eigenvalue weighted by molar-refractivity contribution is 5.71. The van der Waals surface area contributed by atoms with Crippen LogP contribution in [0.3, 0.4) is 0 Å². The van der Waals surface area contributed by atoms with E-state index in [1.54, 1.807) is 0 Å². The Morgan fingerprint density at radius 2 is 0.494 bits per heavy atom. The Labute approximate surface area is 490 Å². The first kappa shape index (κ1) is 75.6. The molecule has 0 aromatic heterocycles. The van der Waals surface area contributed by atoms with Gasteiger partial charge in [-0.2, -0.15) is 0 Å². The Hall–Kier alpha value is -3.41. The first-order valence-corrected chi connectivity index (χ1v) is 34.1. The van der Waals surface area contributed by atoms with Crippen molar-refractivity contribution in [3.63, 3.8) is 0 Å². The summed E-state index contributed by atoms with van der Waals surface area (Å²) in [5.74, 6) is -0.898. The van der Waals surface area contributed by atoms with Crippen LogP contribution in [0.2, 0.25) is 0 Å². The molecule has 6 heteroatoms. The molecule has 0 N–H and O–H groups in total. The fourth-order valence-electron chi connectivity index (χ4n) is 9.76. The Morgan fingerprint density at radius 1 is 0.266 bits per heavy atom. The molecule has 0 aromatic carbocycles. The summed E-state index contributed by atoms with van der Waals surface area (Å²) in [7, 11) is 0. The molecular formula is C73H128O6. The molecule has 0 aromatic rings. The van der Waals surface area contributed by atoms with Crippen LogP contribution in [0.5, 0.6) is 0 Å². The standard InChI is InChI=1S/C73H128O6/c1-4-7-10-13-16-19-22-25-28-30-32-34-35-36-37-39-40-42-45-48-51-54-57-60-63-66-72(75)78-69-70(68-77-71(74)65-62-59-56-53-50-47-44-27-24-21-18-15-12-9-6-3)79-73(76)67-64-61-58-55-52-49-46-43-41-38-33-31-29-26-23-20-17-14-11-8-5-2/h8,11,17,20,26-27,29-30,32-33,38,43-44,46,70H,4-7,9-10,12-16,18-19,21-25,28,31,34-37,39-42,45,47-69H2,1-3H3/b11-8-,20-17-,29-26-,32-30-,38-33-,44-27-,46-43-. The van der Waals surface area contributed by atoms with E-state index in [9.17, 15) is 14.4 Å². The zero-order valence-corrected chi connectivity index (χ0v) is 52.4. The Bertz CT molecular complexity index is 1500. The lowest BCUT2D eigenvalue weighted by molar-refractivity contribution is -0.167. The summed E-state index contributed by atoms with van der Waals surface area (Å²) < 4.78 is 17.0. The summed E-state index contributed by atoms with van der Waals surface area (Å²) in [5.41, 5.74) is 0. The Kier molecular flexibility index (Phi) is 64.2. The summed E-state index contributed by atoms with van der Waals surface area (Å²) in [4.78, 5) is 38.4. The highest BCUT2D eigenvalue weighted by atomic mass is 16.6. The van der Waals surface area contributed by atoms with E-state index in [4.69, 9.17) is 14.2 Å². The second-order valence-electron chi connectivity index (χ2n) is 22.7. The van der Waals surface area contributed by atoms with Gasteiger partial charge < -0.3 is 14.2 Å². The highest BCUT2D eigenvalue weighted by Gasteiger charge is 2.19. The minimum Gasteiger partial charge on any atom is -0.462 e. The Balaban J connectivity index is 4.35. The van der Waals surface area contributed by atoms with E-state index in [2.05, 4.69) is 106 Å². The zero-order valence-electron chi connectivity index (χ0n) is 52.4. The number of hydrogen-bond donors (Lipinski definition) is 0. The molecular weight excluding hydrogens is 973 g/mol. The number of unbranched alkanes of at least 4 members (excludes halogenated alkanes) is 37. The molecule has 1 atom stereocenters. The van der Waals surface area contributed by atoms with Crippen molar-refractivity contribution in [1.82, 2.24) is 0 Å². The second-order valence-corrected chi connectivity index (χ2v) is 22.7. The summed E-state index contributed by atoms with van der Waals surface area (Å²) in [5, 5.41) is 0. The van der Waals surface area contributed by atoms with Crippen LogP contribution in [0.15, 0.2) is 85.1 Å². The van der Waals surface area contributed by atoms with Crippen molar-refractivity contribution in [2.45, 2.75) is 348 Å². The van der Waals surface area contributed by atoms with E-state index in [1.165, 1.54) is 186 Å². The van der Waals surface area contributed by atoms with Crippen molar-refractivity contribution in [2.24, 2.45) is 0 Å². The number of ether oxygens (including phenoxy) is 3. The third-order valence-corrected chi connectivity index (χ3v) is 14.9. The van der Waals surface area contributed by atoms with Gasteiger partial charge in [-0.25, -0.2) is 0 Å². The van der Waals surface area contributed by atoms with Crippen molar-refractivity contribution in [3.05, 3.63) is 85.1 Å². The van der Waals surface area contributed by atoms with Gasteiger partial charge in [0.25, 0.3) is 0 Å². The monoisotopic (exact) mass is 1100 g/mol. The molecule has 0 amide bonds. The molecule has 456 valence electrons. The van der Waals surface area contributed by atoms with E-state index in [1.807, 2.05) is 0 Å². The van der Waals surface area contributed by atoms with Crippen LogP contribution < -0.4 is 0 Å². The number of carbonyl (C=O) groups is 3. The van der Waals surface area contributed by atoms with Crippen molar-refractivity contribution in [2.75, 3.05) is 13.2 Å². The SMILES string of the molecule is CC/C=C\C/C=C\C/C=C\C/C=C\C/C=C\CCCCCCCC(=O)OC(COC(=O)CCCCCCC/C=C\CCCCCCCC)COC(=O)CCCCCCCCCCCCCCC/C=C\CCCCCCCCCC. The quantitative estimate of drug-likeness (QED) is 0.0261. The molecule has 0 aliphatic carbocycles. The smallest absolute Gasteiger partial charge is 0.306 e. The molecule has 6 nitrogen and oxygen atoms in total. The molecule has 0 spiro atoms. The van der Waals surface area contributed by atoms with E-state index in [-0.39, 0.29) is 31.1 Å². The van der Waals surface area contributed by atoms with Gasteiger partial charge >= 0.3 is 17.9 Å². The lowest BCUT2D eigenvalue weighted by atomic mass is 10.0. The van der Waals surface area contributed by atoms with Crippen LogP contribution in [-0.4, -0.2) is 37.2 Å². The summed E-state index contributed by atoms with van der Waals surface area (Å²) in [6, 6.07) is 0. The van der Waals surface area contributed by atoms with Gasteiger partial charge in [0.15, 0.2) is 6.10 Å². The van der Waals surface area contributed by atoms with Gasteiger partial charge in [0.1, 0.15) is 13.2 Å². The number of carbonyl (C=O) groups excluding carboxylic acids is 3. The van der Waals surface area contributed by atoms with Crippen LogP contribution >= 0.6 is 0 Å². The molecule has 0 bridgehead atoms. The fraction of sp³-hybridized carbons (Fsp3) is 0.767. The predicted molar refractivity (Wildman–Crippen MR) is 344 cm³/mol. The molecule has 79 heavy (non-hydrogen) atoms. The largest absolute Gasteiger partial charge is 0.462 e. The molecule has 0 aliphatic heterocycles. The van der Waals surface area contributed by atoms with Crippen molar-refractivity contribution < 1.29 is 28.6 Å².